The molecule has 0 radical (unpaired) electrons. The molecule has 42 heavy (non-hydrogen) atoms. The number of nitrogens with two attached hydrogens (primary N) is 2. The third kappa shape index (κ3) is 6.85. The zero-order valence-corrected chi connectivity index (χ0v) is 24.4. The van der Waals surface area contributed by atoms with E-state index in [0.29, 0.717) is 36.1 Å². The summed E-state index contributed by atoms with van der Waals surface area (Å²) in [5.41, 5.74) is 13.8. The number of carboxylic acids is 1. The first-order valence-corrected chi connectivity index (χ1v) is 14.0. The van der Waals surface area contributed by atoms with E-state index in [-0.39, 0.29) is 51.1 Å². The first-order chi connectivity index (χ1) is 20.0. The maximum Gasteiger partial charge on any atom is 0.335 e. The average molecular weight is 609 g/mol. The van der Waals surface area contributed by atoms with Crippen molar-refractivity contribution in [2.75, 3.05) is 6.61 Å². The molecule has 3 aromatic carbocycles. The Morgan fingerprint density at radius 2 is 1.62 bits per heavy atom. The largest absolute Gasteiger partial charge is 0.478 e. The van der Waals surface area contributed by atoms with Crippen LogP contribution in [-0.2, 0) is 4.74 Å². The number of Topliss-reactive ketones (excluding diaryl/α,β-unsaturated/α-hetero) is 1. The molecule has 4 rings (SSSR count). The summed E-state index contributed by atoms with van der Waals surface area (Å²) in [7, 11) is 0. The number of nitrogens with zero attached hydrogens (tertiary/aromatic N) is 1. The number of hydrogen-bond donors (Lipinski definition) is 4. The number of carboxylic acid groups (broad SMARTS) is 1. The first-order valence-electron chi connectivity index (χ1n) is 13.3. The summed E-state index contributed by atoms with van der Waals surface area (Å²) in [6.07, 6.45) is 2.53. The van der Waals surface area contributed by atoms with Crippen LogP contribution in [0.5, 0.6) is 0 Å². The van der Waals surface area contributed by atoms with Crippen LogP contribution in [0.3, 0.4) is 0 Å². The molecule has 0 spiro atoms. The van der Waals surface area contributed by atoms with E-state index < -0.39 is 11.6 Å². The molecule has 3 aromatic rings. The van der Waals surface area contributed by atoms with E-state index in [9.17, 15) is 19.8 Å². The van der Waals surface area contributed by atoms with Crippen LogP contribution in [0.4, 0.5) is 0 Å². The van der Waals surface area contributed by atoms with Crippen LogP contribution < -0.4 is 11.5 Å². The number of hydrogen-bond acceptors (Lipinski definition) is 7. The van der Waals surface area contributed by atoms with Gasteiger partial charge in [0.25, 0.3) is 0 Å². The fourth-order valence-electron chi connectivity index (χ4n) is 4.96. The zero-order valence-electron chi connectivity index (χ0n) is 22.9. The summed E-state index contributed by atoms with van der Waals surface area (Å²) in [6, 6.07) is 20.2. The maximum absolute atomic E-state index is 13.4. The molecule has 0 heterocycles. The SMILES string of the molecule is CCC(=N/C=C(\N)OCC(C(=O)c1ccccc1)=C(N)c1c(Cl)cccc1Cl)C1(O)CC(c2cccc(C(=O)O)c2)C1. The Hall–Kier alpha value is -4.11. The fraction of sp³-hybridized carbons (Fsp3) is 0.219. The number of carbonyl (C=O) groups excluding carboxylic acids is 1. The van der Waals surface area contributed by atoms with Gasteiger partial charge >= 0.3 is 5.97 Å². The van der Waals surface area contributed by atoms with Gasteiger partial charge in [-0.3, -0.25) is 9.79 Å². The Kier molecular flexibility index (Phi) is 9.73. The smallest absolute Gasteiger partial charge is 0.335 e. The average Bonchev–Trinajstić information content (AvgIpc) is 2.96. The van der Waals surface area contributed by atoms with Crippen molar-refractivity contribution < 1.29 is 24.5 Å². The molecule has 0 amide bonds. The Morgan fingerprint density at radius 1 is 1.00 bits per heavy atom. The maximum atomic E-state index is 13.4. The molecule has 1 fully saturated rings. The van der Waals surface area contributed by atoms with Gasteiger partial charge in [0.15, 0.2) is 5.78 Å². The van der Waals surface area contributed by atoms with E-state index in [4.69, 9.17) is 39.4 Å². The molecule has 10 heteroatoms. The van der Waals surface area contributed by atoms with Gasteiger partial charge in [-0.15, -0.1) is 0 Å². The normalized spacial score (nSPS) is 19.5. The zero-order chi connectivity index (χ0) is 30.4. The van der Waals surface area contributed by atoms with Crippen LogP contribution >= 0.6 is 23.2 Å². The topological polar surface area (TPSA) is 148 Å². The van der Waals surface area contributed by atoms with Crippen molar-refractivity contribution in [1.82, 2.24) is 0 Å². The van der Waals surface area contributed by atoms with Crippen molar-refractivity contribution in [3.8, 4) is 0 Å². The fourth-order valence-corrected chi connectivity index (χ4v) is 5.56. The molecular weight excluding hydrogens is 577 g/mol. The molecule has 0 bridgehead atoms. The monoisotopic (exact) mass is 607 g/mol. The van der Waals surface area contributed by atoms with Crippen molar-refractivity contribution in [3.05, 3.63) is 123 Å². The number of aliphatic hydroxyl groups is 1. The van der Waals surface area contributed by atoms with E-state index in [1.54, 1.807) is 60.7 Å². The van der Waals surface area contributed by atoms with Crippen LogP contribution in [0.15, 0.2) is 95.4 Å². The number of halogens is 2. The van der Waals surface area contributed by atoms with E-state index in [2.05, 4.69) is 4.99 Å². The van der Waals surface area contributed by atoms with E-state index in [0.717, 1.165) is 5.56 Å². The summed E-state index contributed by atoms with van der Waals surface area (Å²) in [5, 5.41) is 21.0. The van der Waals surface area contributed by atoms with Crippen molar-refractivity contribution >= 4 is 46.4 Å². The van der Waals surface area contributed by atoms with Crippen LogP contribution in [-0.4, -0.2) is 39.9 Å². The second-order valence-corrected chi connectivity index (χ2v) is 10.8. The Labute approximate surface area is 253 Å². The lowest BCUT2D eigenvalue weighted by molar-refractivity contribution is 0.0141. The van der Waals surface area contributed by atoms with Crippen molar-refractivity contribution in [2.45, 2.75) is 37.7 Å². The molecule has 8 nitrogen and oxygen atoms in total. The Morgan fingerprint density at radius 3 is 2.24 bits per heavy atom. The molecule has 0 aromatic heterocycles. The molecule has 1 aliphatic carbocycles. The second-order valence-electron chi connectivity index (χ2n) is 10.0. The van der Waals surface area contributed by atoms with Gasteiger partial charge in [-0.2, -0.15) is 0 Å². The molecule has 1 aliphatic rings. The minimum Gasteiger partial charge on any atom is -0.478 e. The van der Waals surface area contributed by atoms with Gasteiger partial charge in [0.1, 0.15) is 12.2 Å². The predicted octanol–water partition coefficient (Wildman–Crippen LogP) is 6.18. The quantitative estimate of drug-likeness (QED) is 0.0880. The highest BCUT2D eigenvalue weighted by Crippen LogP contribution is 2.46. The summed E-state index contributed by atoms with van der Waals surface area (Å²) in [5.74, 6) is -1.47. The van der Waals surface area contributed by atoms with E-state index >= 15 is 0 Å². The molecule has 218 valence electrons. The Bertz CT molecular complexity index is 1560. The second kappa shape index (κ2) is 13.2. The summed E-state index contributed by atoms with van der Waals surface area (Å²) in [4.78, 5) is 29.2. The number of ether oxygens (including phenoxy) is 1. The van der Waals surface area contributed by atoms with Crippen LogP contribution in [0.2, 0.25) is 10.0 Å². The van der Waals surface area contributed by atoms with Gasteiger partial charge in [-0.1, -0.05) is 78.7 Å². The van der Waals surface area contributed by atoms with Crippen LogP contribution in [0, 0.1) is 0 Å². The van der Waals surface area contributed by atoms with Crippen LogP contribution in [0.1, 0.15) is 63.9 Å². The third-order valence-corrected chi connectivity index (χ3v) is 7.87. The van der Waals surface area contributed by atoms with Crippen molar-refractivity contribution in [2.24, 2.45) is 16.5 Å². The van der Waals surface area contributed by atoms with Gasteiger partial charge in [0, 0.05) is 16.8 Å². The van der Waals surface area contributed by atoms with E-state index in [1.165, 1.54) is 12.3 Å². The third-order valence-electron chi connectivity index (χ3n) is 7.24. The number of benzene rings is 3. The lowest BCUT2D eigenvalue weighted by Gasteiger charge is -2.44. The highest BCUT2D eigenvalue weighted by atomic mass is 35.5. The Balaban J connectivity index is 1.53. The summed E-state index contributed by atoms with van der Waals surface area (Å²) < 4.78 is 5.70. The lowest BCUT2D eigenvalue weighted by Crippen LogP contribution is -2.49. The van der Waals surface area contributed by atoms with Gasteiger partial charge in [0.2, 0.25) is 5.88 Å². The summed E-state index contributed by atoms with van der Waals surface area (Å²) >= 11 is 12.7. The molecule has 0 atom stereocenters. The standard InChI is InChI=1S/C32H31Cl2N3O5/c1-2-26(32(41)15-22(16-32)20-10-6-11-21(14-20)31(39)40)37-17-27(35)42-18-23(30(38)19-8-4-3-5-9-19)29(36)28-24(33)12-7-13-25(28)34/h3-14,17,22,41H,2,15-16,18,35-36H2,1H3,(H,39,40)/b27-17+,29-23?,37-26?. The van der Waals surface area contributed by atoms with E-state index in [1.807, 2.05) is 13.0 Å². The minimum atomic E-state index is -1.16. The van der Waals surface area contributed by atoms with Crippen LogP contribution in [0.25, 0.3) is 5.70 Å². The van der Waals surface area contributed by atoms with Gasteiger partial charge in [-0.25, -0.2) is 4.79 Å². The summed E-state index contributed by atoms with van der Waals surface area (Å²) in [6.45, 7) is 1.58. The van der Waals surface area contributed by atoms with Crippen molar-refractivity contribution in [1.29, 1.82) is 0 Å². The highest BCUT2D eigenvalue weighted by molar-refractivity contribution is 6.38. The molecule has 0 unspecified atom stereocenters. The molecule has 1 saturated carbocycles. The number of ketones is 1. The van der Waals surface area contributed by atoms with Gasteiger partial charge in [0.05, 0.1) is 33.1 Å². The molecular formula is C32H31Cl2N3O5. The minimum absolute atomic E-state index is 0.0000641. The number of aliphatic imine (C=N–C) groups is 1. The lowest BCUT2D eigenvalue weighted by atomic mass is 9.65. The van der Waals surface area contributed by atoms with Crippen molar-refractivity contribution in [3.63, 3.8) is 0 Å². The number of rotatable bonds is 11. The molecule has 0 aliphatic heterocycles. The number of carbonyl (C=O) groups is 2. The molecule has 6 N–H and O–H groups in total. The highest BCUT2D eigenvalue weighted by Gasteiger charge is 2.46. The molecule has 0 saturated heterocycles. The first kappa shape index (κ1) is 30.8. The van der Waals surface area contributed by atoms with Gasteiger partial charge < -0.3 is 26.4 Å². The predicted molar refractivity (Wildman–Crippen MR) is 165 cm³/mol. The number of aromatic carboxylic acids is 1. The van der Waals surface area contributed by atoms with Gasteiger partial charge in [-0.05, 0) is 55.0 Å².